The van der Waals surface area contributed by atoms with E-state index >= 15 is 0 Å². The number of nitrogens with zero attached hydrogens (tertiary/aromatic N) is 1. The van der Waals surface area contributed by atoms with Crippen LogP contribution >= 0.6 is 15.9 Å². The van der Waals surface area contributed by atoms with Crippen LogP contribution in [0.1, 0.15) is 5.69 Å². The zero-order valence-electron chi connectivity index (χ0n) is 7.88. The number of nitrogens with one attached hydrogen (secondary N) is 1. The summed E-state index contributed by atoms with van der Waals surface area (Å²) in [6.07, 6.45) is 2.68. The predicted molar refractivity (Wildman–Crippen MR) is 59.4 cm³/mol. The molecule has 0 aliphatic rings. The van der Waals surface area contributed by atoms with Crippen LogP contribution in [-0.4, -0.2) is 23.7 Å². The molecule has 4 heteroatoms. The molecule has 0 aliphatic heterocycles. The minimum absolute atomic E-state index is 0.730. The molecule has 0 unspecified atom stereocenters. The summed E-state index contributed by atoms with van der Waals surface area (Å²) in [5, 5.41) is 1.13. The number of H-pyrrole nitrogens is 1. The van der Waals surface area contributed by atoms with Gasteiger partial charge in [0.2, 0.25) is 0 Å². The Morgan fingerprint density at radius 1 is 1.50 bits per heavy atom. The van der Waals surface area contributed by atoms with Crippen LogP contribution in [0.25, 0.3) is 11.0 Å². The number of hydrogen-bond donors (Lipinski definition) is 1. The van der Waals surface area contributed by atoms with Gasteiger partial charge in [-0.05, 0) is 28.1 Å². The monoisotopic (exact) mass is 254 g/mol. The van der Waals surface area contributed by atoms with E-state index in [2.05, 4.69) is 38.0 Å². The van der Waals surface area contributed by atoms with Crippen LogP contribution in [0.15, 0.2) is 22.8 Å². The van der Waals surface area contributed by atoms with Crippen molar-refractivity contribution >= 4 is 27.0 Å². The Morgan fingerprint density at radius 2 is 2.36 bits per heavy atom. The molecule has 0 atom stereocenters. The van der Waals surface area contributed by atoms with Gasteiger partial charge in [-0.2, -0.15) is 0 Å². The van der Waals surface area contributed by atoms with E-state index in [0.29, 0.717) is 0 Å². The Hall–Kier alpha value is -0.870. The Labute approximate surface area is 90.6 Å². The molecule has 0 fully saturated rings. The quantitative estimate of drug-likeness (QED) is 0.915. The number of aromatic nitrogens is 2. The van der Waals surface area contributed by atoms with Crippen LogP contribution in [-0.2, 0) is 11.2 Å². The van der Waals surface area contributed by atoms with Crippen molar-refractivity contribution in [3.8, 4) is 0 Å². The van der Waals surface area contributed by atoms with Crippen molar-refractivity contribution in [2.45, 2.75) is 6.42 Å². The van der Waals surface area contributed by atoms with Gasteiger partial charge in [0.1, 0.15) is 5.65 Å². The first kappa shape index (κ1) is 9.68. The van der Waals surface area contributed by atoms with Crippen LogP contribution in [0, 0.1) is 0 Å². The van der Waals surface area contributed by atoms with E-state index in [1.54, 1.807) is 13.3 Å². The lowest BCUT2D eigenvalue weighted by Crippen LogP contribution is -1.93. The van der Waals surface area contributed by atoms with Gasteiger partial charge < -0.3 is 9.72 Å². The molecule has 14 heavy (non-hydrogen) atoms. The second-order valence-corrected chi connectivity index (χ2v) is 4.04. The van der Waals surface area contributed by atoms with E-state index in [1.807, 2.05) is 0 Å². The van der Waals surface area contributed by atoms with Gasteiger partial charge in [0.25, 0.3) is 0 Å². The molecule has 0 aliphatic carbocycles. The summed E-state index contributed by atoms with van der Waals surface area (Å²) in [5.74, 6) is 0. The Bertz CT molecular complexity index is 439. The average molecular weight is 255 g/mol. The van der Waals surface area contributed by atoms with E-state index in [0.717, 1.165) is 34.2 Å². The summed E-state index contributed by atoms with van der Waals surface area (Å²) in [5.41, 5.74) is 2.09. The fourth-order valence-electron chi connectivity index (χ4n) is 1.39. The van der Waals surface area contributed by atoms with Crippen molar-refractivity contribution in [3.63, 3.8) is 0 Å². The van der Waals surface area contributed by atoms with E-state index in [4.69, 9.17) is 4.74 Å². The maximum Gasteiger partial charge on any atom is 0.137 e. The molecule has 0 spiro atoms. The third-order valence-corrected chi connectivity index (χ3v) is 2.50. The van der Waals surface area contributed by atoms with Crippen LogP contribution < -0.4 is 0 Å². The SMILES string of the molecule is COCCc1cc2cc(Br)cnc2[nH]1. The van der Waals surface area contributed by atoms with Gasteiger partial charge in [-0.25, -0.2) is 4.98 Å². The highest BCUT2D eigenvalue weighted by molar-refractivity contribution is 9.10. The number of hydrogen-bond acceptors (Lipinski definition) is 2. The molecule has 2 rings (SSSR count). The third-order valence-electron chi connectivity index (χ3n) is 2.07. The van der Waals surface area contributed by atoms with Crippen molar-refractivity contribution in [2.24, 2.45) is 0 Å². The second-order valence-electron chi connectivity index (χ2n) is 3.13. The number of halogens is 1. The molecule has 1 N–H and O–H groups in total. The molecule has 3 nitrogen and oxygen atoms in total. The molecule has 2 heterocycles. The predicted octanol–water partition coefficient (Wildman–Crippen LogP) is 2.51. The molecule has 0 saturated carbocycles. The van der Waals surface area contributed by atoms with Crippen molar-refractivity contribution in [1.82, 2.24) is 9.97 Å². The van der Waals surface area contributed by atoms with Gasteiger partial charge in [-0.15, -0.1) is 0 Å². The molecule has 0 bridgehead atoms. The molecule has 2 aromatic rings. The van der Waals surface area contributed by atoms with Crippen LogP contribution in [0.4, 0.5) is 0 Å². The van der Waals surface area contributed by atoms with Crippen LogP contribution in [0.2, 0.25) is 0 Å². The van der Waals surface area contributed by atoms with E-state index < -0.39 is 0 Å². The second kappa shape index (κ2) is 4.11. The summed E-state index contributed by atoms with van der Waals surface area (Å²) in [7, 11) is 1.71. The number of methoxy groups -OCH3 is 1. The lowest BCUT2D eigenvalue weighted by Gasteiger charge is -1.93. The average Bonchev–Trinajstić information content (AvgIpc) is 2.56. The zero-order valence-corrected chi connectivity index (χ0v) is 9.47. The van der Waals surface area contributed by atoms with Gasteiger partial charge in [0, 0.05) is 35.3 Å². The molecular weight excluding hydrogens is 244 g/mol. The Kier molecular flexibility index (Phi) is 2.84. The normalized spacial score (nSPS) is 11.0. The van der Waals surface area contributed by atoms with Gasteiger partial charge in [0.15, 0.2) is 0 Å². The molecule has 2 aromatic heterocycles. The number of fused-ring (bicyclic) bond motifs is 1. The maximum atomic E-state index is 5.02. The first-order valence-electron chi connectivity index (χ1n) is 4.41. The fourth-order valence-corrected chi connectivity index (χ4v) is 1.74. The Morgan fingerprint density at radius 3 is 3.14 bits per heavy atom. The van der Waals surface area contributed by atoms with Crippen molar-refractivity contribution in [1.29, 1.82) is 0 Å². The topological polar surface area (TPSA) is 37.9 Å². The van der Waals surface area contributed by atoms with E-state index in [9.17, 15) is 0 Å². The maximum absolute atomic E-state index is 5.02. The lowest BCUT2D eigenvalue weighted by atomic mass is 10.3. The molecule has 0 aromatic carbocycles. The van der Waals surface area contributed by atoms with Crippen molar-refractivity contribution < 1.29 is 4.74 Å². The summed E-state index contributed by atoms with van der Waals surface area (Å²) in [4.78, 5) is 7.51. The van der Waals surface area contributed by atoms with Gasteiger partial charge >= 0.3 is 0 Å². The lowest BCUT2D eigenvalue weighted by molar-refractivity contribution is 0.201. The minimum atomic E-state index is 0.730. The van der Waals surface area contributed by atoms with Gasteiger partial charge in [-0.3, -0.25) is 0 Å². The number of pyridine rings is 1. The number of aromatic amines is 1. The summed E-state index contributed by atoms with van der Waals surface area (Å²) < 4.78 is 6.02. The smallest absolute Gasteiger partial charge is 0.137 e. The van der Waals surface area contributed by atoms with Gasteiger partial charge in [0.05, 0.1) is 6.61 Å². The van der Waals surface area contributed by atoms with E-state index in [1.165, 1.54) is 0 Å². The summed E-state index contributed by atoms with van der Waals surface area (Å²) >= 11 is 3.39. The highest BCUT2D eigenvalue weighted by atomic mass is 79.9. The molecule has 0 saturated heterocycles. The Balaban J connectivity index is 2.32. The standard InChI is InChI=1S/C10H11BrN2O/c1-14-3-2-9-5-7-4-8(11)6-12-10(7)13-9/h4-6H,2-3H2,1H3,(H,12,13). The minimum Gasteiger partial charge on any atom is -0.384 e. The fraction of sp³-hybridized carbons (Fsp3) is 0.300. The summed E-state index contributed by atoms with van der Waals surface area (Å²) in [6, 6.07) is 4.15. The summed E-state index contributed by atoms with van der Waals surface area (Å²) in [6.45, 7) is 0.730. The van der Waals surface area contributed by atoms with Gasteiger partial charge in [-0.1, -0.05) is 0 Å². The highest BCUT2D eigenvalue weighted by Gasteiger charge is 2.01. The number of ether oxygens (including phenoxy) is 1. The largest absolute Gasteiger partial charge is 0.384 e. The zero-order chi connectivity index (χ0) is 9.97. The highest BCUT2D eigenvalue weighted by Crippen LogP contribution is 2.18. The first-order valence-corrected chi connectivity index (χ1v) is 5.21. The van der Waals surface area contributed by atoms with Crippen molar-refractivity contribution in [3.05, 3.63) is 28.5 Å². The molecule has 74 valence electrons. The molecular formula is C10H11BrN2O. The third kappa shape index (κ3) is 1.96. The number of rotatable bonds is 3. The van der Waals surface area contributed by atoms with E-state index in [-0.39, 0.29) is 0 Å². The molecule has 0 radical (unpaired) electrons. The van der Waals surface area contributed by atoms with Crippen LogP contribution in [0.3, 0.4) is 0 Å². The molecule has 0 amide bonds. The first-order chi connectivity index (χ1) is 6.79. The van der Waals surface area contributed by atoms with Crippen molar-refractivity contribution in [2.75, 3.05) is 13.7 Å². The van der Waals surface area contributed by atoms with Crippen LogP contribution in [0.5, 0.6) is 0 Å².